The van der Waals surface area contributed by atoms with Crippen molar-refractivity contribution in [2.24, 2.45) is 4.99 Å². The van der Waals surface area contributed by atoms with Gasteiger partial charge in [-0.25, -0.2) is 4.79 Å². The molecule has 7 nitrogen and oxygen atoms in total. The minimum absolute atomic E-state index is 0. The predicted molar refractivity (Wildman–Crippen MR) is 106 cm³/mol. The molecule has 4 aromatic heterocycles. The summed E-state index contributed by atoms with van der Waals surface area (Å²) in [5.74, 6) is 0. The van der Waals surface area contributed by atoms with Gasteiger partial charge >= 0.3 is 0 Å². The lowest BCUT2D eigenvalue weighted by Gasteiger charge is -1.86. The first-order valence-corrected chi connectivity index (χ1v) is 6.47. The van der Waals surface area contributed by atoms with Crippen molar-refractivity contribution in [1.82, 2.24) is 19.9 Å². The second-order valence-electron chi connectivity index (χ2n) is 4.42. The van der Waals surface area contributed by atoms with E-state index in [1.165, 1.54) is 6.08 Å². The number of carbonyl (C=O) groups excluding carboxylic acids is 1. The SMILES string of the molecule is Cl.Cl.Cl.Nc1c[nH]c2cccnc12.O=C=Nc1c[nH]c2cccnc12. The molecule has 0 fully saturated rings. The monoisotopic (exact) mass is 400 g/mol. The highest BCUT2D eigenvalue weighted by atomic mass is 35.5. The molecule has 0 aromatic carbocycles. The molecule has 0 aliphatic heterocycles. The van der Waals surface area contributed by atoms with Gasteiger partial charge in [0.05, 0.1) is 16.7 Å². The van der Waals surface area contributed by atoms with Crippen LogP contribution in [0.2, 0.25) is 0 Å². The molecule has 10 heteroatoms. The normalized spacial score (nSPS) is 8.80. The maximum atomic E-state index is 9.98. The molecule has 4 heterocycles. The molecule has 0 saturated carbocycles. The summed E-state index contributed by atoms with van der Waals surface area (Å²) < 4.78 is 0. The summed E-state index contributed by atoms with van der Waals surface area (Å²) in [7, 11) is 0. The van der Waals surface area contributed by atoms with E-state index in [1.807, 2.05) is 24.3 Å². The Balaban J connectivity index is 0.000000416. The standard InChI is InChI=1S/C8H5N3O.C7H7N3.3ClH/c12-5-11-7-4-10-6-2-1-3-9-8(6)7;8-5-4-10-6-2-1-3-9-7(5)6;;;/h1-4,10H;1-4,10H,8H2;3*1H. The molecule has 0 atom stereocenters. The Labute approximate surface area is 161 Å². The van der Waals surface area contributed by atoms with Gasteiger partial charge in [-0.3, -0.25) is 9.97 Å². The Morgan fingerprint density at radius 2 is 1.48 bits per heavy atom. The summed E-state index contributed by atoms with van der Waals surface area (Å²) in [4.78, 5) is 27.6. The van der Waals surface area contributed by atoms with Crippen LogP contribution in [0.25, 0.3) is 22.1 Å². The van der Waals surface area contributed by atoms with Gasteiger partial charge in [-0.05, 0) is 24.3 Å². The van der Waals surface area contributed by atoms with Crippen LogP contribution in [-0.4, -0.2) is 26.0 Å². The van der Waals surface area contributed by atoms with E-state index in [0.717, 1.165) is 16.6 Å². The van der Waals surface area contributed by atoms with Crippen LogP contribution in [0.5, 0.6) is 0 Å². The van der Waals surface area contributed by atoms with Gasteiger partial charge in [0.25, 0.3) is 0 Å². The fraction of sp³-hybridized carbons (Fsp3) is 0. The summed E-state index contributed by atoms with van der Waals surface area (Å²) in [6.07, 6.45) is 8.23. The quantitative estimate of drug-likeness (QED) is 0.331. The maximum Gasteiger partial charge on any atom is 0.240 e. The van der Waals surface area contributed by atoms with E-state index < -0.39 is 0 Å². The third kappa shape index (κ3) is 4.95. The summed E-state index contributed by atoms with van der Waals surface area (Å²) in [6.45, 7) is 0. The van der Waals surface area contributed by atoms with Crippen molar-refractivity contribution >= 4 is 76.7 Å². The average molecular weight is 402 g/mol. The lowest BCUT2D eigenvalue weighted by atomic mass is 10.4. The third-order valence-corrected chi connectivity index (χ3v) is 3.05. The summed E-state index contributed by atoms with van der Waals surface area (Å²) >= 11 is 0. The van der Waals surface area contributed by atoms with Crippen molar-refractivity contribution in [3.05, 3.63) is 49.1 Å². The number of nitrogens with one attached hydrogen (secondary N) is 2. The number of anilines is 1. The first-order chi connectivity index (χ1) is 10.8. The van der Waals surface area contributed by atoms with Crippen LogP contribution in [0.15, 0.2) is 54.0 Å². The van der Waals surface area contributed by atoms with Crippen LogP contribution in [0.1, 0.15) is 0 Å². The van der Waals surface area contributed by atoms with Crippen LogP contribution in [0.4, 0.5) is 11.4 Å². The number of H-pyrrole nitrogens is 2. The van der Waals surface area contributed by atoms with Gasteiger partial charge in [-0.15, -0.1) is 37.2 Å². The molecule has 4 rings (SSSR count). The smallest absolute Gasteiger partial charge is 0.240 e. The largest absolute Gasteiger partial charge is 0.396 e. The van der Waals surface area contributed by atoms with Gasteiger partial charge in [-0.1, -0.05) is 0 Å². The molecule has 0 spiro atoms. The number of hydrogen-bond acceptors (Lipinski definition) is 5. The predicted octanol–water partition coefficient (Wildman–Crippen LogP) is 3.94. The van der Waals surface area contributed by atoms with Crippen molar-refractivity contribution in [3.63, 3.8) is 0 Å². The van der Waals surface area contributed by atoms with E-state index in [2.05, 4.69) is 24.9 Å². The highest BCUT2D eigenvalue weighted by molar-refractivity contribution is 5.88. The van der Waals surface area contributed by atoms with Crippen LogP contribution < -0.4 is 5.73 Å². The Hall–Kier alpha value is -2.57. The Morgan fingerprint density at radius 1 is 0.920 bits per heavy atom. The summed E-state index contributed by atoms with van der Waals surface area (Å²) in [5.41, 5.74) is 10.2. The molecule has 4 aromatic rings. The highest BCUT2D eigenvalue weighted by Gasteiger charge is 2.01. The van der Waals surface area contributed by atoms with Crippen molar-refractivity contribution in [3.8, 4) is 0 Å². The maximum absolute atomic E-state index is 9.98. The first-order valence-electron chi connectivity index (χ1n) is 6.47. The van der Waals surface area contributed by atoms with E-state index in [0.29, 0.717) is 16.9 Å². The van der Waals surface area contributed by atoms with Crippen LogP contribution >= 0.6 is 37.2 Å². The molecule has 4 N–H and O–H groups in total. The number of nitrogen functional groups attached to an aromatic ring is 1. The average Bonchev–Trinajstić information content (AvgIpc) is 3.14. The fourth-order valence-electron chi connectivity index (χ4n) is 2.05. The lowest BCUT2D eigenvalue weighted by Crippen LogP contribution is -1.81. The second kappa shape index (κ2) is 10.3. The molecule has 132 valence electrons. The molecule has 0 amide bonds. The van der Waals surface area contributed by atoms with E-state index >= 15 is 0 Å². The van der Waals surface area contributed by atoms with Crippen LogP contribution in [-0.2, 0) is 4.79 Å². The van der Waals surface area contributed by atoms with Gasteiger partial charge in [-0.2, -0.15) is 4.99 Å². The van der Waals surface area contributed by atoms with Crippen molar-refractivity contribution in [1.29, 1.82) is 0 Å². The number of aliphatic imine (C=N–C) groups is 1. The fourth-order valence-corrected chi connectivity index (χ4v) is 2.05. The Morgan fingerprint density at radius 3 is 2.08 bits per heavy atom. The zero-order chi connectivity index (χ0) is 15.4. The van der Waals surface area contributed by atoms with Crippen molar-refractivity contribution in [2.75, 3.05) is 5.73 Å². The first kappa shape index (κ1) is 22.4. The molecule has 0 bridgehead atoms. The molecular formula is C15H15Cl3N6O. The minimum Gasteiger partial charge on any atom is -0.396 e. The number of nitrogens with two attached hydrogens (primary N) is 1. The Kier molecular flexibility index (Phi) is 9.27. The van der Waals surface area contributed by atoms with Gasteiger partial charge < -0.3 is 15.7 Å². The van der Waals surface area contributed by atoms with E-state index in [-0.39, 0.29) is 37.2 Å². The lowest BCUT2D eigenvalue weighted by molar-refractivity contribution is 0.565. The Bertz CT molecular complexity index is 977. The number of nitrogens with zero attached hydrogens (tertiary/aromatic N) is 3. The highest BCUT2D eigenvalue weighted by Crippen LogP contribution is 2.21. The summed E-state index contributed by atoms with van der Waals surface area (Å²) in [6, 6.07) is 7.50. The number of aromatic amines is 2. The van der Waals surface area contributed by atoms with Gasteiger partial charge in [0.1, 0.15) is 16.7 Å². The van der Waals surface area contributed by atoms with Crippen molar-refractivity contribution in [2.45, 2.75) is 0 Å². The van der Waals surface area contributed by atoms with E-state index in [9.17, 15) is 4.79 Å². The van der Waals surface area contributed by atoms with Gasteiger partial charge in [0, 0.05) is 24.8 Å². The topological polar surface area (TPSA) is 113 Å². The van der Waals surface area contributed by atoms with Gasteiger partial charge in [0.15, 0.2) is 0 Å². The van der Waals surface area contributed by atoms with Crippen LogP contribution in [0, 0.1) is 0 Å². The number of fused-ring (bicyclic) bond motifs is 2. The molecular weight excluding hydrogens is 387 g/mol. The minimum atomic E-state index is 0. The zero-order valence-electron chi connectivity index (χ0n) is 12.7. The molecule has 0 unspecified atom stereocenters. The van der Waals surface area contributed by atoms with Gasteiger partial charge in [0.2, 0.25) is 6.08 Å². The van der Waals surface area contributed by atoms with Crippen molar-refractivity contribution < 1.29 is 4.79 Å². The molecule has 0 aliphatic rings. The molecule has 0 saturated heterocycles. The molecule has 0 aliphatic carbocycles. The zero-order valence-corrected chi connectivity index (χ0v) is 15.1. The molecule has 25 heavy (non-hydrogen) atoms. The third-order valence-electron chi connectivity index (χ3n) is 3.05. The van der Waals surface area contributed by atoms with E-state index in [4.69, 9.17) is 5.73 Å². The number of halogens is 3. The number of pyridine rings is 2. The summed E-state index contributed by atoms with van der Waals surface area (Å²) in [5, 5.41) is 0. The van der Waals surface area contributed by atoms with E-state index in [1.54, 1.807) is 24.8 Å². The second-order valence-corrected chi connectivity index (χ2v) is 4.42. The number of rotatable bonds is 1. The number of isocyanates is 1. The number of aromatic nitrogens is 4. The molecule has 0 radical (unpaired) electrons. The van der Waals surface area contributed by atoms with Crippen LogP contribution in [0.3, 0.4) is 0 Å². The number of hydrogen-bond donors (Lipinski definition) is 3.